The molecule has 0 fully saturated rings. The molecule has 0 spiro atoms. The van der Waals surface area contributed by atoms with E-state index in [2.05, 4.69) is 39.9 Å². The molecule has 3 rings (SSSR count). The van der Waals surface area contributed by atoms with Crippen LogP contribution in [0.1, 0.15) is 36.7 Å². The first kappa shape index (κ1) is 19.4. The summed E-state index contributed by atoms with van der Waals surface area (Å²) in [6.45, 7) is 4.08. The zero-order chi connectivity index (χ0) is 18.7. The van der Waals surface area contributed by atoms with E-state index >= 15 is 0 Å². The van der Waals surface area contributed by atoms with E-state index in [9.17, 15) is 5.11 Å². The second-order valence-corrected chi connectivity index (χ2v) is 8.58. The first-order valence-electron chi connectivity index (χ1n) is 8.22. The molecule has 0 saturated carbocycles. The molecule has 0 aliphatic carbocycles. The van der Waals surface area contributed by atoms with E-state index in [0.29, 0.717) is 17.1 Å². The molecule has 2 heterocycles. The molecule has 1 N–H and O–H groups in total. The summed E-state index contributed by atoms with van der Waals surface area (Å²) in [7, 11) is 0. The Labute approximate surface area is 170 Å². The van der Waals surface area contributed by atoms with E-state index in [1.165, 1.54) is 0 Å². The van der Waals surface area contributed by atoms with Crippen LogP contribution >= 0.6 is 39.3 Å². The lowest BCUT2D eigenvalue weighted by Crippen LogP contribution is -2.05. The molecule has 0 aliphatic heterocycles. The molecule has 0 aliphatic rings. The van der Waals surface area contributed by atoms with Crippen molar-refractivity contribution in [2.24, 2.45) is 0 Å². The van der Waals surface area contributed by atoms with Crippen molar-refractivity contribution in [3.63, 3.8) is 0 Å². The van der Waals surface area contributed by atoms with E-state index in [-0.39, 0.29) is 12.6 Å². The average Bonchev–Trinajstić information content (AvgIpc) is 2.93. The molecular weight excluding hydrogens is 434 g/mol. The van der Waals surface area contributed by atoms with Gasteiger partial charge in [0.2, 0.25) is 0 Å². The van der Waals surface area contributed by atoms with Gasteiger partial charge in [0.05, 0.1) is 12.3 Å². The minimum absolute atomic E-state index is 0.0903. The Morgan fingerprint density at radius 1 is 1.23 bits per heavy atom. The van der Waals surface area contributed by atoms with Crippen LogP contribution in [-0.2, 0) is 13.0 Å². The van der Waals surface area contributed by atoms with Gasteiger partial charge in [-0.2, -0.15) is 5.10 Å². The molecular formula is C19H19BrClN3OS. The van der Waals surface area contributed by atoms with E-state index < -0.39 is 0 Å². The van der Waals surface area contributed by atoms with Gasteiger partial charge in [0.25, 0.3) is 0 Å². The van der Waals surface area contributed by atoms with E-state index in [1.807, 2.05) is 35.0 Å². The number of benzene rings is 1. The van der Waals surface area contributed by atoms with Crippen molar-refractivity contribution in [1.82, 2.24) is 14.8 Å². The molecule has 0 unspecified atom stereocenters. The Morgan fingerprint density at radius 3 is 2.58 bits per heavy atom. The van der Waals surface area contributed by atoms with Gasteiger partial charge in [0, 0.05) is 44.8 Å². The van der Waals surface area contributed by atoms with Gasteiger partial charge >= 0.3 is 0 Å². The first-order chi connectivity index (χ1) is 12.5. The van der Waals surface area contributed by atoms with Crippen molar-refractivity contribution < 1.29 is 5.11 Å². The Bertz CT molecular complexity index is 879. The van der Waals surface area contributed by atoms with Gasteiger partial charge in [-0.25, -0.2) is 0 Å². The largest absolute Gasteiger partial charge is 0.390 e. The molecule has 4 nitrogen and oxygen atoms in total. The van der Waals surface area contributed by atoms with Crippen LogP contribution in [0.3, 0.4) is 0 Å². The average molecular weight is 453 g/mol. The van der Waals surface area contributed by atoms with Gasteiger partial charge in [0.15, 0.2) is 0 Å². The maximum absolute atomic E-state index is 9.84. The Balaban J connectivity index is 2.07. The van der Waals surface area contributed by atoms with Crippen LogP contribution < -0.4 is 0 Å². The third-order valence-corrected chi connectivity index (χ3v) is 5.64. The zero-order valence-electron chi connectivity index (χ0n) is 14.5. The van der Waals surface area contributed by atoms with E-state index in [0.717, 1.165) is 25.5 Å². The molecule has 0 radical (unpaired) electrons. The number of pyridine rings is 1. The highest BCUT2D eigenvalue weighted by Gasteiger charge is 2.20. The first-order valence-corrected chi connectivity index (χ1v) is 10.2. The molecule has 0 bridgehead atoms. The standard InChI is InChI=1S/C19H19BrClN3OS/c1-12(2)24-19(26-16-9-14(20)8-15(21)10-16)17(18(11-25)23-24)7-13-3-5-22-6-4-13/h3-6,8-10,12,25H,7,11H2,1-2H3. The second kappa shape index (κ2) is 8.57. The van der Waals surface area contributed by atoms with Gasteiger partial charge in [0.1, 0.15) is 5.03 Å². The van der Waals surface area contributed by atoms with Crippen LogP contribution in [0.25, 0.3) is 0 Å². The molecule has 1 aromatic carbocycles. The summed E-state index contributed by atoms with van der Waals surface area (Å²) in [6, 6.07) is 9.97. The highest BCUT2D eigenvalue weighted by molar-refractivity contribution is 9.10. The Hall–Kier alpha value is -1.34. The van der Waals surface area contributed by atoms with Gasteiger partial charge in [-0.15, -0.1) is 0 Å². The fourth-order valence-corrected chi connectivity index (χ4v) is 4.99. The molecule has 0 amide bonds. The maximum atomic E-state index is 9.84. The monoisotopic (exact) mass is 451 g/mol. The summed E-state index contributed by atoms with van der Waals surface area (Å²) in [5, 5.41) is 16.2. The highest BCUT2D eigenvalue weighted by atomic mass is 79.9. The van der Waals surface area contributed by atoms with Crippen LogP contribution in [0.2, 0.25) is 5.02 Å². The van der Waals surface area contributed by atoms with Gasteiger partial charge < -0.3 is 5.11 Å². The topological polar surface area (TPSA) is 50.9 Å². The van der Waals surface area contributed by atoms with Crippen molar-refractivity contribution in [1.29, 1.82) is 0 Å². The number of aromatic nitrogens is 3. The fraction of sp³-hybridized carbons (Fsp3) is 0.263. The lowest BCUT2D eigenvalue weighted by atomic mass is 10.1. The predicted molar refractivity (Wildman–Crippen MR) is 109 cm³/mol. The molecule has 136 valence electrons. The van der Waals surface area contributed by atoms with Crippen LogP contribution in [0.4, 0.5) is 0 Å². The number of aliphatic hydroxyl groups is 1. The predicted octanol–water partition coefficient (Wildman–Crippen LogP) is 5.51. The summed E-state index contributed by atoms with van der Waals surface area (Å²) < 4.78 is 2.91. The summed E-state index contributed by atoms with van der Waals surface area (Å²) in [6.07, 6.45) is 4.25. The maximum Gasteiger partial charge on any atom is 0.103 e. The summed E-state index contributed by atoms with van der Waals surface area (Å²) >= 11 is 11.3. The lowest BCUT2D eigenvalue weighted by molar-refractivity contribution is 0.273. The number of hydrogen-bond donors (Lipinski definition) is 1. The van der Waals surface area contributed by atoms with Gasteiger partial charge in [-0.1, -0.05) is 39.3 Å². The van der Waals surface area contributed by atoms with Gasteiger partial charge in [-0.05, 0) is 49.7 Å². The lowest BCUT2D eigenvalue weighted by Gasteiger charge is -2.13. The molecule has 26 heavy (non-hydrogen) atoms. The van der Waals surface area contributed by atoms with E-state index in [4.69, 9.17) is 11.6 Å². The third kappa shape index (κ3) is 4.49. The van der Waals surface area contributed by atoms with E-state index in [1.54, 1.807) is 24.2 Å². The van der Waals surface area contributed by atoms with Crippen LogP contribution in [0.15, 0.2) is 57.1 Å². The highest BCUT2D eigenvalue weighted by Crippen LogP contribution is 2.37. The summed E-state index contributed by atoms with van der Waals surface area (Å²) in [5.41, 5.74) is 2.87. The normalized spacial score (nSPS) is 11.3. The number of hydrogen-bond acceptors (Lipinski definition) is 4. The van der Waals surface area contributed by atoms with Crippen molar-refractivity contribution in [3.8, 4) is 0 Å². The quantitative estimate of drug-likeness (QED) is 0.536. The van der Waals surface area contributed by atoms with Crippen molar-refractivity contribution in [3.05, 3.63) is 69.0 Å². The number of rotatable bonds is 6. The third-order valence-electron chi connectivity index (χ3n) is 3.86. The second-order valence-electron chi connectivity index (χ2n) is 6.17. The fourth-order valence-electron chi connectivity index (χ4n) is 2.66. The smallest absolute Gasteiger partial charge is 0.103 e. The van der Waals surface area contributed by atoms with Crippen LogP contribution in [0.5, 0.6) is 0 Å². The molecule has 0 saturated heterocycles. The van der Waals surface area contributed by atoms with Crippen molar-refractivity contribution in [2.45, 2.75) is 42.8 Å². The van der Waals surface area contributed by atoms with Crippen LogP contribution in [0, 0.1) is 0 Å². The molecule has 7 heteroatoms. The number of nitrogens with zero attached hydrogens (tertiary/aromatic N) is 3. The minimum atomic E-state index is -0.0903. The summed E-state index contributed by atoms with van der Waals surface area (Å²) in [5.74, 6) is 0. The molecule has 0 atom stereocenters. The van der Waals surface area contributed by atoms with Crippen molar-refractivity contribution >= 4 is 39.3 Å². The molecule has 3 aromatic rings. The SMILES string of the molecule is CC(C)n1nc(CO)c(Cc2ccncc2)c1Sc1cc(Cl)cc(Br)c1. The van der Waals surface area contributed by atoms with Crippen molar-refractivity contribution in [2.75, 3.05) is 0 Å². The number of halogens is 2. The van der Waals surface area contributed by atoms with Gasteiger partial charge in [-0.3, -0.25) is 9.67 Å². The zero-order valence-corrected chi connectivity index (χ0v) is 17.6. The minimum Gasteiger partial charge on any atom is -0.390 e. The Kier molecular flexibility index (Phi) is 6.40. The number of aliphatic hydroxyl groups excluding tert-OH is 1. The molecule has 2 aromatic heterocycles. The van der Waals surface area contributed by atoms with Crippen LogP contribution in [-0.4, -0.2) is 19.9 Å². The Morgan fingerprint density at radius 2 is 1.96 bits per heavy atom. The summed E-state index contributed by atoms with van der Waals surface area (Å²) in [4.78, 5) is 5.10.